The molecule has 0 amide bonds. The number of benzene rings is 1. The summed E-state index contributed by atoms with van der Waals surface area (Å²) in [6, 6.07) is 2.13. The van der Waals surface area contributed by atoms with Crippen molar-refractivity contribution in [3.63, 3.8) is 0 Å². The van der Waals surface area contributed by atoms with Crippen molar-refractivity contribution in [3.05, 3.63) is 33.8 Å². The van der Waals surface area contributed by atoms with Crippen LogP contribution in [0.2, 0.25) is 0 Å². The third kappa shape index (κ3) is 3.38. The average molecular weight is 347 g/mol. The van der Waals surface area contributed by atoms with Crippen molar-refractivity contribution >= 4 is 15.9 Å². The van der Waals surface area contributed by atoms with Crippen LogP contribution in [0.3, 0.4) is 0 Å². The Labute approximate surface area is 127 Å². The predicted octanol–water partition coefficient (Wildman–Crippen LogP) is 4.45. The average Bonchev–Trinajstić information content (AvgIpc) is 2.43. The zero-order valence-electron chi connectivity index (χ0n) is 11.6. The van der Waals surface area contributed by atoms with Gasteiger partial charge in [-0.3, -0.25) is 11.3 Å². The number of hydrogen-bond acceptors (Lipinski definition) is 2. The van der Waals surface area contributed by atoms with Gasteiger partial charge in [0.1, 0.15) is 11.6 Å². The monoisotopic (exact) mass is 346 g/mol. The molecule has 0 aromatic heterocycles. The van der Waals surface area contributed by atoms with Crippen molar-refractivity contribution in [2.75, 3.05) is 0 Å². The maximum Gasteiger partial charge on any atom is 0.132 e. The van der Waals surface area contributed by atoms with E-state index in [0.29, 0.717) is 4.47 Å². The third-order valence-corrected chi connectivity index (χ3v) is 4.93. The molecule has 112 valence electrons. The van der Waals surface area contributed by atoms with Gasteiger partial charge in [-0.25, -0.2) is 8.78 Å². The van der Waals surface area contributed by atoms with Crippen LogP contribution in [0.1, 0.15) is 50.6 Å². The fourth-order valence-electron chi connectivity index (χ4n) is 3.24. The molecule has 1 fully saturated rings. The van der Waals surface area contributed by atoms with E-state index >= 15 is 0 Å². The third-order valence-electron chi connectivity index (χ3n) is 4.47. The quantitative estimate of drug-likeness (QED) is 0.624. The van der Waals surface area contributed by atoms with E-state index in [1.807, 2.05) is 0 Å². The van der Waals surface area contributed by atoms with Crippen molar-refractivity contribution in [2.45, 2.75) is 45.1 Å². The molecule has 1 saturated carbocycles. The molecule has 2 nitrogen and oxygen atoms in total. The molecule has 1 aromatic carbocycles. The van der Waals surface area contributed by atoms with Gasteiger partial charge in [-0.15, -0.1) is 0 Å². The standard InChI is InChI=1S/C15H21BrF2N2/c1-2-9-3-5-10(6-4-9)15(20-19)14-12(17)7-11(16)8-13(14)18/h7-10,15,20H,2-6,19H2,1H3. The van der Waals surface area contributed by atoms with Crippen molar-refractivity contribution in [1.82, 2.24) is 5.43 Å². The number of hydrogen-bond donors (Lipinski definition) is 2. The van der Waals surface area contributed by atoms with E-state index in [1.165, 1.54) is 18.6 Å². The van der Waals surface area contributed by atoms with Crippen LogP contribution in [0.25, 0.3) is 0 Å². The van der Waals surface area contributed by atoms with Gasteiger partial charge in [0.2, 0.25) is 0 Å². The first-order valence-corrected chi connectivity index (χ1v) is 7.96. The van der Waals surface area contributed by atoms with Crippen LogP contribution in [0.15, 0.2) is 16.6 Å². The van der Waals surface area contributed by atoms with Gasteiger partial charge in [0.05, 0.1) is 6.04 Å². The summed E-state index contributed by atoms with van der Waals surface area (Å²) in [6.07, 6.45) is 5.32. The summed E-state index contributed by atoms with van der Waals surface area (Å²) in [5, 5.41) is 0. The molecular weight excluding hydrogens is 326 g/mol. The Morgan fingerprint density at radius 2 is 1.80 bits per heavy atom. The molecular formula is C15H21BrF2N2. The van der Waals surface area contributed by atoms with Crippen molar-refractivity contribution < 1.29 is 8.78 Å². The van der Waals surface area contributed by atoms with Gasteiger partial charge < -0.3 is 0 Å². The molecule has 5 heteroatoms. The highest BCUT2D eigenvalue weighted by atomic mass is 79.9. The number of nitrogens with one attached hydrogen (secondary N) is 1. The lowest BCUT2D eigenvalue weighted by molar-refractivity contribution is 0.214. The van der Waals surface area contributed by atoms with Gasteiger partial charge in [0.25, 0.3) is 0 Å². The number of rotatable bonds is 4. The minimum absolute atomic E-state index is 0.0654. The Kier molecular flexibility index (Phi) is 5.52. The Morgan fingerprint density at radius 1 is 1.25 bits per heavy atom. The van der Waals surface area contributed by atoms with Gasteiger partial charge in [0, 0.05) is 10.0 Å². The fraction of sp³-hybridized carbons (Fsp3) is 0.600. The predicted molar refractivity (Wildman–Crippen MR) is 79.9 cm³/mol. The lowest BCUT2D eigenvalue weighted by atomic mass is 9.76. The minimum atomic E-state index is -0.544. The Balaban J connectivity index is 2.21. The van der Waals surface area contributed by atoms with E-state index in [-0.39, 0.29) is 11.5 Å². The van der Waals surface area contributed by atoms with Crippen molar-refractivity contribution in [3.8, 4) is 0 Å². The zero-order chi connectivity index (χ0) is 14.7. The van der Waals surface area contributed by atoms with Crippen LogP contribution in [-0.2, 0) is 0 Å². The van der Waals surface area contributed by atoms with E-state index in [9.17, 15) is 8.78 Å². The van der Waals surface area contributed by atoms with E-state index in [2.05, 4.69) is 28.3 Å². The molecule has 2 rings (SSSR count). The second-order valence-corrected chi connectivity index (χ2v) is 6.53. The molecule has 1 atom stereocenters. The number of hydrazine groups is 1. The highest BCUT2D eigenvalue weighted by molar-refractivity contribution is 9.10. The second kappa shape index (κ2) is 6.96. The maximum atomic E-state index is 14.1. The van der Waals surface area contributed by atoms with Crippen LogP contribution in [0.5, 0.6) is 0 Å². The van der Waals surface area contributed by atoms with E-state index in [1.54, 1.807) is 0 Å². The first-order valence-electron chi connectivity index (χ1n) is 7.17. The highest BCUT2D eigenvalue weighted by Gasteiger charge is 2.31. The molecule has 0 saturated heterocycles. The first kappa shape index (κ1) is 15.9. The van der Waals surface area contributed by atoms with Gasteiger partial charge in [-0.2, -0.15) is 0 Å². The summed E-state index contributed by atoms with van der Waals surface area (Å²) in [4.78, 5) is 0. The molecule has 1 unspecified atom stereocenters. The number of nitrogens with two attached hydrogens (primary N) is 1. The molecule has 1 aliphatic rings. The summed E-state index contributed by atoms with van der Waals surface area (Å²) in [6.45, 7) is 2.19. The number of halogens is 3. The van der Waals surface area contributed by atoms with Gasteiger partial charge in [0.15, 0.2) is 0 Å². The lowest BCUT2D eigenvalue weighted by Gasteiger charge is -2.33. The molecule has 1 aliphatic carbocycles. The smallest absolute Gasteiger partial charge is 0.132 e. The van der Waals surface area contributed by atoms with Crippen LogP contribution >= 0.6 is 15.9 Å². The van der Waals surface area contributed by atoms with E-state index in [0.717, 1.165) is 31.6 Å². The molecule has 0 bridgehead atoms. The molecule has 0 spiro atoms. The Hall–Kier alpha value is -0.520. The molecule has 20 heavy (non-hydrogen) atoms. The SMILES string of the molecule is CCC1CCC(C(NN)c2c(F)cc(Br)cc2F)CC1. The fourth-order valence-corrected chi connectivity index (χ4v) is 3.64. The van der Waals surface area contributed by atoms with Crippen LogP contribution in [0.4, 0.5) is 8.78 Å². The highest BCUT2D eigenvalue weighted by Crippen LogP contribution is 2.39. The molecule has 0 heterocycles. The second-order valence-electron chi connectivity index (χ2n) is 5.62. The van der Waals surface area contributed by atoms with E-state index < -0.39 is 17.7 Å². The van der Waals surface area contributed by atoms with E-state index in [4.69, 9.17) is 5.84 Å². The Bertz CT molecular complexity index is 436. The summed E-state index contributed by atoms with van der Waals surface area (Å²) < 4.78 is 28.6. The molecule has 3 N–H and O–H groups in total. The van der Waals surface area contributed by atoms with Crippen LogP contribution < -0.4 is 11.3 Å². The normalized spacial score (nSPS) is 24.6. The maximum absolute atomic E-state index is 14.1. The van der Waals surface area contributed by atoms with Gasteiger partial charge >= 0.3 is 0 Å². The molecule has 0 aliphatic heterocycles. The van der Waals surface area contributed by atoms with Crippen LogP contribution in [0, 0.1) is 23.5 Å². The van der Waals surface area contributed by atoms with Gasteiger partial charge in [-0.05, 0) is 36.8 Å². The molecule has 0 radical (unpaired) electrons. The van der Waals surface area contributed by atoms with Crippen molar-refractivity contribution in [2.24, 2.45) is 17.7 Å². The zero-order valence-corrected chi connectivity index (χ0v) is 13.2. The first-order chi connectivity index (χ1) is 9.56. The van der Waals surface area contributed by atoms with Gasteiger partial charge in [-0.1, -0.05) is 42.1 Å². The summed E-state index contributed by atoms with van der Waals surface area (Å²) in [5.74, 6) is 5.42. The summed E-state index contributed by atoms with van der Waals surface area (Å²) in [7, 11) is 0. The molecule has 1 aromatic rings. The minimum Gasteiger partial charge on any atom is -0.271 e. The summed E-state index contributed by atoms with van der Waals surface area (Å²) in [5.41, 5.74) is 2.69. The summed E-state index contributed by atoms with van der Waals surface area (Å²) >= 11 is 3.10. The Morgan fingerprint density at radius 3 is 2.25 bits per heavy atom. The largest absolute Gasteiger partial charge is 0.271 e. The van der Waals surface area contributed by atoms with Crippen molar-refractivity contribution in [1.29, 1.82) is 0 Å². The lowest BCUT2D eigenvalue weighted by Crippen LogP contribution is -2.36. The topological polar surface area (TPSA) is 38.0 Å². The van der Waals surface area contributed by atoms with Crippen LogP contribution in [-0.4, -0.2) is 0 Å².